The SMILES string of the molecule is CCc1cc(-c2sncc2-c2ccc3[nH]ccc3c2)cc(CC)c1CC. The molecule has 0 aliphatic rings. The lowest BCUT2D eigenvalue weighted by Crippen LogP contribution is -1.98. The topological polar surface area (TPSA) is 28.7 Å². The maximum Gasteiger partial charge on any atom is 0.0628 e. The van der Waals surface area contributed by atoms with Gasteiger partial charge in [0.05, 0.1) is 4.88 Å². The van der Waals surface area contributed by atoms with Crippen molar-refractivity contribution in [3.05, 3.63) is 65.5 Å². The van der Waals surface area contributed by atoms with Crippen molar-refractivity contribution in [2.45, 2.75) is 40.0 Å². The number of rotatable bonds is 5. The third kappa shape index (κ3) is 2.86. The first-order valence-corrected chi connectivity index (χ1v) is 10.2. The van der Waals surface area contributed by atoms with Crippen LogP contribution in [0.15, 0.2) is 48.8 Å². The molecule has 2 nitrogen and oxygen atoms in total. The maximum atomic E-state index is 4.53. The van der Waals surface area contributed by atoms with Crippen LogP contribution in [0.3, 0.4) is 0 Å². The zero-order valence-corrected chi connectivity index (χ0v) is 16.4. The van der Waals surface area contributed by atoms with Crippen molar-refractivity contribution in [1.29, 1.82) is 0 Å². The zero-order valence-electron chi connectivity index (χ0n) is 15.6. The molecule has 0 saturated heterocycles. The van der Waals surface area contributed by atoms with Gasteiger partial charge in [0.2, 0.25) is 0 Å². The molecule has 0 aliphatic heterocycles. The number of hydrogen-bond donors (Lipinski definition) is 1. The zero-order chi connectivity index (χ0) is 18.1. The summed E-state index contributed by atoms with van der Waals surface area (Å²) in [5, 5.41) is 1.24. The molecule has 132 valence electrons. The Morgan fingerprint density at radius 2 is 1.65 bits per heavy atom. The van der Waals surface area contributed by atoms with Crippen LogP contribution < -0.4 is 0 Å². The number of benzene rings is 2. The first-order chi connectivity index (χ1) is 12.7. The van der Waals surface area contributed by atoms with Crippen LogP contribution in [0.5, 0.6) is 0 Å². The second kappa shape index (κ2) is 7.08. The fraction of sp³-hybridized carbons (Fsp3) is 0.261. The summed E-state index contributed by atoms with van der Waals surface area (Å²) in [4.78, 5) is 4.54. The lowest BCUT2D eigenvalue weighted by Gasteiger charge is -2.15. The molecule has 2 heterocycles. The molecular weight excluding hydrogens is 336 g/mol. The molecule has 4 rings (SSSR count). The number of aryl methyl sites for hydroxylation is 2. The first-order valence-electron chi connectivity index (χ1n) is 9.42. The van der Waals surface area contributed by atoms with Gasteiger partial charge in [0, 0.05) is 23.5 Å². The van der Waals surface area contributed by atoms with Gasteiger partial charge in [-0.2, -0.15) is 4.37 Å². The molecule has 2 aromatic carbocycles. The van der Waals surface area contributed by atoms with Gasteiger partial charge < -0.3 is 4.98 Å². The third-order valence-corrected chi connectivity index (χ3v) is 6.10. The van der Waals surface area contributed by atoms with Crippen molar-refractivity contribution in [2.75, 3.05) is 0 Å². The van der Waals surface area contributed by atoms with Crippen molar-refractivity contribution in [3.8, 4) is 21.6 Å². The Morgan fingerprint density at radius 1 is 0.885 bits per heavy atom. The summed E-state index contributed by atoms with van der Waals surface area (Å²) in [7, 11) is 0. The van der Waals surface area contributed by atoms with E-state index in [-0.39, 0.29) is 0 Å². The molecule has 4 aromatic rings. The second-order valence-electron chi connectivity index (χ2n) is 6.68. The van der Waals surface area contributed by atoms with Gasteiger partial charge >= 0.3 is 0 Å². The predicted octanol–water partition coefficient (Wildman–Crippen LogP) is 6.65. The molecule has 0 atom stereocenters. The average Bonchev–Trinajstić information content (AvgIpc) is 3.35. The molecule has 0 spiro atoms. The molecule has 0 radical (unpaired) electrons. The molecule has 2 aromatic heterocycles. The first kappa shape index (κ1) is 17.0. The van der Waals surface area contributed by atoms with Crippen molar-refractivity contribution < 1.29 is 0 Å². The lowest BCUT2D eigenvalue weighted by molar-refractivity contribution is 0.983. The van der Waals surface area contributed by atoms with E-state index in [4.69, 9.17) is 0 Å². The van der Waals surface area contributed by atoms with Gasteiger partial charge in [-0.1, -0.05) is 26.8 Å². The fourth-order valence-corrected chi connectivity index (χ4v) is 4.64. The number of nitrogens with one attached hydrogen (secondary N) is 1. The number of aromatic amines is 1. The van der Waals surface area contributed by atoms with Crippen LogP contribution >= 0.6 is 11.5 Å². The smallest absolute Gasteiger partial charge is 0.0628 e. The largest absolute Gasteiger partial charge is 0.361 e. The summed E-state index contributed by atoms with van der Waals surface area (Å²) in [5.74, 6) is 0. The fourth-order valence-electron chi connectivity index (χ4n) is 3.89. The molecule has 3 heteroatoms. The highest BCUT2D eigenvalue weighted by atomic mass is 32.1. The molecule has 0 saturated carbocycles. The van der Waals surface area contributed by atoms with Crippen LogP contribution in [0.25, 0.3) is 32.5 Å². The van der Waals surface area contributed by atoms with Crippen molar-refractivity contribution in [2.24, 2.45) is 0 Å². The number of H-pyrrole nitrogens is 1. The monoisotopic (exact) mass is 360 g/mol. The van der Waals surface area contributed by atoms with E-state index in [9.17, 15) is 0 Å². The quantitative estimate of drug-likeness (QED) is 0.424. The van der Waals surface area contributed by atoms with E-state index in [1.807, 2.05) is 12.4 Å². The Labute approximate surface area is 159 Å². The van der Waals surface area contributed by atoms with Gasteiger partial charge in [-0.15, -0.1) is 0 Å². The van der Waals surface area contributed by atoms with Crippen molar-refractivity contribution >= 4 is 22.4 Å². The summed E-state index contributed by atoms with van der Waals surface area (Å²) in [6, 6.07) is 13.5. The number of hydrogen-bond acceptors (Lipinski definition) is 2. The number of nitrogens with zero attached hydrogens (tertiary/aromatic N) is 1. The average molecular weight is 361 g/mol. The van der Waals surface area contributed by atoms with E-state index >= 15 is 0 Å². The molecule has 0 fully saturated rings. The molecular formula is C23H24N2S. The van der Waals surface area contributed by atoms with Crippen LogP contribution in [0, 0.1) is 0 Å². The molecule has 1 N–H and O–H groups in total. The number of fused-ring (bicyclic) bond motifs is 1. The van der Waals surface area contributed by atoms with E-state index in [0.29, 0.717) is 0 Å². The highest BCUT2D eigenvalue weighted by Crippen LogP contribution is 2.38. The minimum absolute atomic E-state index is 1.08. The minimum atomic E-state index is 1.08. The maximum absolute atomic E-state index is 4.53. The summed E-state index contributed by atoms with van der Waals surface area (Å²) in [6.07, 6.45) is 7.26. The van der Waals surface area contributed by atoms with Crippen LogP contribution in [0.1, 0.15) is 37.5 Å². The van der Waals surface area contributed by atoms with Crippen molar-refractivity contribution in [1.82, 2.24) is 9.36 Å². The van der Waals surface area contributed by atoms with Crippen molar-refractivity contribution in [3.63, 3.8) is 0 Å². The predicted molar refractivity (Wildman–Crippen MR) is 113 cm³/mol. The Bertz CT molecular complexity index is 1030. The summed E-state index contributed by atoms with van der Waals surface area (Å²) < 4.78 is 4.53. The minimum Gasteiger partial charge on any atom is -0.361 e. The second-order valence-corrected chi connectivity index (χ2v) is 7.48. The van der Waals surface area contributed by atoms with Gasteiger partial charge in [-0.3, -0.25) is 0 Å². The van der Waals surface area contributed by atoms with E-state index in [0.717, 1.165) is 19.3 Å². The van der Waals surface area contributed by atoms with E-state index in [1.54, 1.807) is 11.5 Å². The van der Waals surface area contributed by atoms with E-state index in [2.05, 4.69) is 66.5 Å². The number of aromatic nitrogens is 2. The Morgan fingerprint density at radius 3 is 2.35 bits per heavy atom. The Hall–Kier alpha value is -2.39. The molecule has 0 unspecified atom stereocenters. The highest BCUT2D eigenvalue weighted by molar-refractivity contribution is 7.10. The normalized spacial score (nSPS) is 11.3. The van der Waals surface area contributed by atoms with E-state index < -0.39 is 0 Å². The third-order valence-electron chi connectivity index (χ3n) is 5.25. The van der Waals surface area contributed by atoms with E-state index in [1.165, 1.54) is 49.2 Å². The lowest BCUT2D eigenvalue weighted by atomic mass is 9.91. The van der Waals surface area contributed by atoms with Crippen LogP contribution in [-0.4, -0.2) is 9.36 Å². The molecule has 0 amide bonds. The Balaban J connectivity index is 1.86. The summed E-state index contributed by atoms with van der Waals surface area (Å²) in [6.45, 7) is 6.77. The van der Waals surface area contributed by atoms with Crippen LogP contribution in [0.2, 0.25) is 0 Å². The Kier molecular flexibility index (Phi) is 4.64. The van der Waals surface area contributed by atoms with Crippen LogP contribution in [0.4, 0.5) is 0 Å². The van der Waals surface area contributed by atoms with Gasteiger partial charge in [-0.25, -0.2) is 0 Å². The molecule has 0 aliphatic carbocycles. The molecule has 26 heavy (non-hydrogen) atoms. The molecule has 0 bridgehead atoms. The van der Waals surface area contributed by atoms with Crippen LogP contribution in [-0.2, 0) is 19.3 Å². The summed E-state index contributed by atoms with van der Waals surface area (Å²) in [5.41, 5.74) is 9.42. The van der Waals surface area contributed by atoms with Gasteiger partial charge in [-0.05, 0) is 94.3 Å². The highest BCUT2D eigenvalue weighted by Gasteiger charge is 2.15. The van der Waals surface area contributed by atoms with Gasteiger partial charge in [0.25, 0.3) is 0 Å². The standard InChI is InChI=1S/C23H24N2S/c1-4-15-11-19(12-16(5-2)20(15)6-3)23-21(14-25-26-23)17-7-8-22-18(13-17)9-10-24-22/h7-14,24H,4-6H2,1-3H3. The summed E-state index contributed by atoms with van der Waals surface area (Å²) >= 11 is 1.60. The van der Waals surface area contributed by atoms with Gasteiger partial charge in [0.15, 0.2) is 0 Å². The van der Waals surface area contributed by atoms with Gasteiger partial charge in [0.1, 0.15) is 0 Å².